The molecule has 2 aromatic heterocycles. The van der Waals surface area contributed by atoms with Gasteiger partial charge in [-0.3, -0.25) is 4.98 Å². The number of pyridine rings is 2. The smallest absolute Gasteiger partial charge is 0.137 e. The molecule has 0 N–H and O–H groups in total. The van der Waals surface area contributed by atoms with Crippen LogP contribution in [0.4, 0.5) is 11.5 Å². The van der Waals surface area contributed by atoms with E-state index in [2.05, 4.69) is 47.7 Å². The first-order valence-corrected chi connectivity index (χ1v) is 6.46. The van der Waals surface area contributed by atoms with E-state index in [4.69, 9.17) is 0 Å². The molecule has 0 fully saturated rings. The van der Waals surface area contributed by atoms with E-state index in [1.807, 2.05) is 23.2 Å². The van der Waals surface area contributed by atoms with E-state index in [9.17, 15) is 0 Å². The van der Waals surface area contributed by atoms with Crippen LogP contribution in [0.15, 0.2) is 67.8 Å². The van der Waals surface area contributed by atoms with E-state index in [-0.39, 0.29) is 0 Å². The molecular weight excluding hydrogens is 246 g/mol. The summed E-state index contributed by atoms with van der Waals surface area (Å²) in [6, 6.07) is 12.3. The lowest BCUT2D eigenvalue weighted by Gasteiger charge is -2.19. The quantitative estimate of drug-likeness (QED) is 0.707. The molecule has 0 aliphatic rings. The highest BCUT2D eigenvalue weighted by Crippen LogP contribution is 2.26. The second kappa shape index (κ2) is 5.13. The molecule has 3 aromatic rings. The molecule has 3 heteroatoms. The molecule has 3 rings (SSSR count). The van der Waals surface area contributed by atoms with Crippen LogP contribution in [-0.4, -0.2) is 9.97 Å². The van der Waals surface area contributed by atoms with Crippen molar-refractivity contribution in [2.75, 3.05) is 4.90 Å². The molecule has 0 aliphatic heterocycles. The van der Waals surface area contributed by atoms with E-state index < -0.39 is 0 Å². The van der Waals surface area contributed by atoms with Crippen molar-refractivity contribution in [1.29, 1.82) is 0 Å². The van der Waals surface area contributed by atoms with Crippen LogP contribution in [0.2, 0.25) is 0 Å². The summed E-state index contributed by atoms with van der Waals surface area (Å²) in [6.07, 6.45) is 7.18. The Balaban J connectivity index is 2.10. The average molecular weight is 261 g/mol. The summed E-state index contributed by atoms with van der Waals surface area (Å²) in [5.74, 6) is 0.839. The molecule has 20 heavy (non-hydrogen) atoms. The number of aryl methyl sites for hydroxylation is 1. The van der Waals surface area contributed by atoms with Gasteiger partial charge in [-0.2, -0.15) is 0 Å². The third kappa shape index (κ3) is 2.26. The Morgan fingerprint density at radius 3 is 2.75 bits per heavy atom. The minimum absolute atomic E-state index is 0.839. The maximum absolute atomic E-state index is 4.51. The molecule has 0 bridgehead atoms. The van der Waals surface area contributed by atoms with Crippen LogP contribution in [-0.2, 0) is 0 Å². The summed E-state index contributed by atoms with van der Waals surface area (Å²) < 4.78 is 0. The molecule has 0 unspecified atom stereocenters. The van der Waals surface area contributed by atoms with Crippen LogP contribution >= 0.6 is 0 Å². The van der Waals surface area contributed by atoms with Gasteiger partial charge in [0.2, 0.25) is 0 Å². The molecule has 0 saturated heterocycles. The number of benzene rings is 1. The monoisotopic (exact) mass is 261 g/mol. The zero-order chi connectivity index (χ0) is 13.9. The predicted octanol–water partition coefficient (Wildman–Crippen LogP) is 4.22. The van der Waals surface area contributed by atoms with Crippen molar-refractivity contribution in [2.24, 2.45) is 0 Å². The number of anilines is 2. The van der Waals surface area contributed by atoms with Gasteiger partial charge in [-0.1, -0.05) is 30.3 Å². The van der Waals surface area contributed by atoms with Gasteiger partial charge in [-0.05, 0) is 30.5 Å². The van der Waals surface area contributed by atoms with Gasteiger partial charge in [0.15, 0.2) is 0 Å². The minimum Gasteiger partial charge on any atom is -0.301 e. The van der Waals surface area contributed by atoms with Crippen LogP contribution in [0, 0.1) is 6.92 Å². The van der Waals surface area contributed by atoms with Crippen molar-refractivity contribution in [3.63, 3.8) is 0 Å². The van der Waals surface area contributed by atoms with Crippen molar-refractivity contribution >= 4 is 22.3 Å². The first-order valence-electron chi connectivity index (χ1n) is 6.46. The molecule has 0 spiro atoms. The number of hydrogen-bond acceptors (Lipinski definition) is 3. The van der Waals surface area contributed by atoms with Gasteiger partial charge < -0.3 is 4.90 Å². The van der Waals surface area contributed by atoms with E-state index in [0.717, 1.165) is 16.9 Å². The lowest BCUT2D eigenvalue weighted by Crippen LogP contribution is -2.09. The van der Waals surface area contributed by atoms with Crippen LogP contribution in [0.5, 0.6) is 0 Å². The molecule has 0 atom stereocenters. The van der Waals surface area contributed by atoms with E-state index in [1.165, 1.54) is 10.9 Å². The molecule has 98 valence electrons. The Labute approximate surface area is 118 Å². The zero-order valence-electron chi connectivity index (χ0n) is 11.3. The van der Waals surface area contributed by atoms with E-state index in [1.54, 1.807) is 18.6 Å². The summed E-state index contributed by atoms with van der Waals surface area (Å²) in [7, 11) is 0. The summed E-state index contributed by atoms with van der Waals surface area (Å²) in [5, 5.41) is 2.31. The highest BCUT2D eigenvalue weighted by molar-refractivity contribution is 5.85. The van der Waals surface area contributed by atoms with Crippen molar-refractivity contribution in [1.82, 2.24) is 9.97 Å². The Hall–Kier alpha value is -2.68. The summed E-state index contributed by atoms with van der Waals surface area (Å²) in [4.78, 5) is 10.6. The van der Waals surface area contributed by atoms with Gasteiger partial charge in [0.1, 0.15) is 5.82 Å². The van der Waals surface area contributed by atoms with E-state index in [0.29, 0.717) is 0 Å². The minimum atomic E-state index is 0.839. The normalized spacial score (nSPS) is 10.4. The second-order valence-electron chi connectivity index (χ2n) is 4.66. The standard InChI is InChI=1S/C17H15N3/c1-3-20(16-5-4-8-18-12-16)17-10-15-9-13(2)6-7-14(15)11-19-17/h3-12H,1H2,2H3. The van der Waals surface area contributed by atoms with Crippen molar-refractivity contribution in [3.05, 3.63) is 73.3 Å². The number of nitrogens with zero attached hydrogens (tertiary/aromatic N) is 3. The molecule has 2 heterocycles. The largest absolute Gasteiger partial charge is 0.301 e. The molecule has 0 saturated carbocycles. The van der Waals surface area contributed by atoms with Crippen molar-refractivity contribution in [3.8, 4) is 0 Å². The number of fused-ring (bicyclic) bond motifs is 1. The summed E-state index contributed by atoms with van der Waals surface area (Å²) in [5.41, 5.74) is 2.18. The average Bonchev–Trinajstić information content (AvgIpc) is 2.49. The third-order valence-corrected chi connectivity index (χ3v) is 3.22. The number of aromatic nitrogens is 2. The summed E-state index contributed by atoms with van der Waals surface area (Å²) in [6.45, 7) is 5.96. The molecule has 1 aromatic carbocycles. The fourth-order valence-electron chi connectivity index (χ4n) is 2.21. The Kier molecular flexibility index (Phi) is 3.17. The molecule has 3 nitrogen and oxygen atoms in total. The Morgan fingerprint density at radius 2 is 2.00 bits per heavy atom. The van der Waals surface area contributed by atoms with Crippen LogP contribution < -0.4 is 4.90 Å². The van der Waals surface area contributed by atoms with E-state index >= 15 is 0 Å². The third-order valence-electron chi connectivity index (χ3n) is 3.22. The number of rotatable bonds is 3. The first-order chi connectivity index (χ1) is 9.78. The number of hydrogen-bond donors (Lipinski definition) is 0. The van der Waals surface area contributed by atoms with Gasteiger partial charge in [0, 0.05) is 24.0 Å². The van der Waals surface area contributed by atoms with Crippen molar-refractivity contribution < 1.29 is 0 Å². The lowest BCUT2D eigenvalue weighted by atomic mass is 10.1. The van der Waals surface area contributed by atoms with Gasteiger partial charge in [-0.15, -0.1) is 0 Å². The van der Waals surface area contributed by atoms with Gasteiger partial charge in [0.25, 0.3) is 0 Å². The first kappa shape index (κ1) is 12.4. The van der Waals surface area contributed by atoms with Crippen molar-refractivity contribution in [2.45, 2.75) is 6.92 Å². The Bertz CT molecular complexity index is 751. The highest BCUT2D eigenvalue weighted by atomic mass is 15.2. The lowest BCUT2D eigenvalue weighted by molar-refractivity contribution is 1.17. The van der Waals surface area contributed by atoms with Gasteiger partial charge in [0.05, 0.1) is 11.9 Å². The maximum Gasteiger partial charge on any atom is 0.137 e. The molecular formula is C17H15N3. The second-order valence-corrected chi connectivity index (χ2v) is 4.66. The topological polar surface area (TPSA) is 29.0 Å². The van der Waals surface area contributed by atoms with Crippen LogP contribution in [0.1, 0.15) is 5.56 Å². The SMILES string of the molecule is C=CN(c1cccnc1)c1cc2cc(C)ccc2cn1. The van der Waals surface area contributed by atoms with Crippen LogP contribution in [0.25, 0.3) is 10.8 Å². The predicted molar refractivity (Wildman–Crippen MR) is 83.1 cm³/mol. The Morgan fingerprint density at radius 1 is 1.10 bits per heavy atom. The molecule has 0 radical (unpaired) electrons. The fraction of sp³-hybridized carbons (Fsp3) is 0.0588. The molecule has 0 aliphatic carbocycles. The fourth-order valence-corrected chi connectivity index (χ4v) is 2.21. The maximum atomic E-state index is 4.51. The van der Waals surface area contributed by atoms with Crippen LogP contribution in [0.3, 0.4) is 0 Å². The van der Waals surface area contributed by atoms with Gasteiger partial charge >= 0.3 is 0 Å². The molecule has 0 amide bonds. The van der Waals surface area contributed by atoms with Gasteiger partial charge in [-0.25, -0.2) is 4.98 Å². The highest BCUT2D eigenvalue weighted by Gasteiger charge is 2.08. The zero-order valence-corrected chi connectivity index (χ0v) is 11.3. The summed E-state index contributed by atoms with van der Waals surface area (Å²) >= 11 is 0.